The lowest BCUT2D eigenvalue weighted by Gasteiger charge is -2.25. The van der Waals surface area contributed by atoms with E-state index in [2.05, 4.69) is 15.9 Å². The number of nitrogens with zero attached hydrogens (tertiary/aromatic N) is 1. The van der Waals surface area contributed by atoms with Gasteiger partial charge in [0.1, 0.15) is 0 Å². The van der Waals surface area contributed by atoms with Gasteiger partial charge in [-0.15, -0.1) is 0 Å². The highest BCUT2D eigenvalue weighted by Gasteiger charge is 2.14. The lowest BCUT2D eigenvalue weighted by molar-refractivity contribution is 0.605. The summed E-state index contributed by atoms with van der Waals surface area (Å²) in [6.45, 7) is 4.37. The normalized spacial score (nSPS) is 10.9. The van der Waals surface area contributed by atoms with E-state index in [1.165, 1.54) is 0 Å². The summed E-state index contributed by atoms with van der Waals surface area (Å²) in [6, 6.07) is 3.87. The van der Waals surface area contributed by atoms with Crippen molar-refractivity contribution in [3.05, 3.63) is 28.0 Å². The standard InChI is InChI=1S/C11H16BrFN2/c1-7(2)15(3)9-5-4-8(6-14)10(12)11(9)13/h4-5,7H,6,14H2,1-3H3. The first kappa shape index (κ1) is 12.5. The highest BCUT2D eigenvalue weighted by Crippen LogP contribution is 2.29. The topological polar surface area (TPSA) is 29.3 Å². The molecule has 0 fully saturated rings. The molecule has 0 unspecified atom stereocenters. The maximum absolute atomic E-state index is 13.9. The van der Waals surface area contributed by atoms with Gasteiger partial charge in [0.2, 0.25) is 0 Å². The van der Waals surface area contributed by atoms with Crippen molar-refractivity contribution in [1.82, 2.24) is 0 Å². The molecule has 0 bridgehead atoms. The molecule has 0 saturated heterocycles. The molecular weight excluding hydrogens is 259 g/mol. The molecule has 2 nitrogen and oxygen atoms in total. The van der Waals surface area contributed by atoms with Crippen molar-refractivity contribution < 1.29 is 4.39 Å². The fourth-order valence-corrected chi connectivity index (χ4v) is 1.78. The second-order valence-corrected chi connectivity index (χ2v) is 4.57. The molecule has 0 amide bonds. The molecule has 0 aromatic heterocycles. The number of nitrogens with two attached hydrogens (primary N) is 1. The number of anilines is 1. The molecule has 4 heteroatoms. The van der Waals surface area contributed by atoms with E-state index < -0.39 is 0 Å². The molecule has 84 valence electrons. The summed E-state index contributed by atoms with van der Waals surface area (Å²) in [5, 5.41) is 0. The van der Waals surface area contributed by atoms with Crippen molar-refractivity contribution >= 4 is 21.6 Å². The SMILES string of the molecule is CC(C)N(C)c1ccc(CN)c(Br)c1F. The third kappa shape index (κ3) is 2.49. The number of hydrogen-bond acceptors (Lipinski definition) is 2. The van der Waals surface area contributed by atoms with Gasteiger partial charge in [0, 0.05) is 19.6 Å². The summed E-state index contributed by atoms with van der Waals surface area (Å²) in [4.78, 5) is 1.89. The van der Waals surface area contributed by atoms with E-state index in [0.29, 0.717) is 16.7 Å². The quantitative estimate of drug-likeness (QED) is 0.919. The van der Waals surface area contributed by atoms with Crippen LogP contribution < -0.4 is 10.6 Å². The summed E-state index contributed by atoms with van der Waals surface area (Å²) in [6.07, 6.45) is 0. The summed E-state index contributed by atoms with van der Waals surface area (Å²) >= 11 is 3.23. The Morgan fingerprint density at radius 3 is 2.53 bits per heavy atom. The van der Waals surface area contributed by atoms with E-state index in [9.17, 15) is 4.39 Å². The minimum atomic E-state index is -0.242. The molecule has 1 rings (SSSR count). The second-order valence-electron chi connectivity index (χ2n) is 3.78. The molecule has 0 saturated carbocycles. The highest BCUT2D eigenvalue weighted by atomic mass is 79.9. The molecule has 15 heavy (non-hydrogen) atoms. The zero-order valence-corrected chi connectivity index (χ0v) is 10.8. The molecule has 0 heterocycles. The van der Waals surface area contributed by atoms with E-state index >= 15 is 0 Å². The van der Waals surface area contributed by atoms with Gasteiger partial charge in [0.25, 0.3) is 0 Å². The van der Waals surface area contributed by atoms with Crippen molar-refractivity contribution in [1.29, 1.82) is 0 Å². The average molecular weight is 275 g/mol. The van der Waals surface area contributed by atoms with Crippen LogP contribution in [0.1, 0.15) is 19.4 Å². The first-order valence-electron chi connectivity index (χ1n) is 4.88. The Morgan fingerprint density at radius 1 is 1.47 bits per heavy atom. The van der Waals surface area contributed by atoms with Gasteiger partial charge >= 0.3 is 0 Å². The van der Waals surface area contributed by atoms with Crippen LogP contribution in [-0.2, 0) is 6.54 Å². The van der Waals surface area contributed by atoms with E-state index in [1.807, 2.05) is 31.9 Å². The van der Waals surface area contributed by atoms with Crippen molar-refractivity contribution in [3.8, 4) is 0 Å². The van der Waals surface area contributed by atoms with Crippen molar-refractivity contribution in [3.63, 3.8) is 0 Å². The Kier molecular flexibility index (Phi) is 4.11. The molecular formula is C11H16BrFN2. The Morgan fingerprint density at radius 2 is 2.07 bits per heavy atom. The van der Waals surface area contributed by atoms with Gasteiger partial charge in [-0.05, 0) is 41.4 Å². The number of halogens is 2. The average Bonchev–Trinajstić information content (AvgIpc) is 2.21. The lowest BCUT2D eigenvalue weighted by atomic mass is 10.1. The number of benzene rings is 1. The van der Waals surface area contributed by atoms with E-state index in [1.54, 1.807) is 6.07 Å². The Hall–Kier alpha value is -0.610. The zero-order chi connectivity index (χ0) is 11.6. The maximum atomic E-state index is 13.9. The Labute approximate surface area is 98.4 Å². The zero-order valence-electron chi connectivity index (χ0n) is 9.22. The van der Waals surface area contributed by atoms with Crippen molar-refractivity contribution in [2.24, 2.45) is 5.73 Å². The summed E-state index contributed by atoms with van der Waals surface area (Å²) in [5.41, 5.74) is 6.87. The third-order valence-electron chi connectivity index (χ3n) is 2.52. The lowest BCUT2D eigenvalue weighted by Crippen LogP contribution is -2.26. The van der Waals surface area contributed by atoms with Crippen LogP contribution in [0.4, 0.5) is 10.1 Å². The van der Waals surface area contributed by atoms with Crippen LogP contribution >= 0.6 is 15.9 Å². The molecule has 0 radical (unpaired) electrons. The van der Waals surface area contributed by atoms with Crippen molar-refractivity contribution in [2.75, 3.05) is 11.9 Å². The van der Waals surface area contributed by atoms with Gasteiger partial charge in [-0.1, -0.05) is 6.07 Å². The van der Waals surface area contributed by atoms with Gasteiger partial charge < -0.3 is 10.6 Å². The summed E-state index contributed by atoms with van der Waals surface area (Å²) < 4.78 is 14.4. The molecule has 0 aliphatic carbocycles. The third-order valence-corrected chi connectivity index (χ3v) is 3.37. The minimum absolute atomic E-state index is 0.242. The van der Waals surface area contributed by atoms with E-state index in [4.69, 9.17) is 5.73 Å². The maximum Gasteiger partial charge on any atom is 0.160 e. The van der Waals surface area contributed by atoms with Crippen LogP contribution in [0, 0.1) is 5.82 Å². The second kappa shape index (κ2) is 4.94. The molecule has 0 atom stereocenters. The molecule has 2 N–H and O–H groups in total. The monoisotopic (exact) mass is 274 g/mol. The van der Waals surface area contributed by atoms with E-state index in [-0.39, 0.29) is 11.9 Å². The van der Waals surface area contributed by atoms with Crippen LogP contribution in [0.2, 0.25) is 0 Å². The Bertz CT molecular complexity index is 353. The van der Waals surface area contributed by atoms with Crippen LogP contribution in [-0.4, -0.2) is 13.1 Å². The number of hydrogen-bond donors (Lipinski definition) is 1. The molecule has 0 aliphatic heterocycles. The molecule has 1 aromatic carbocycles. The summed E-state index contributed by atoms with van der Waals surface area (Å²) in [7, 11) is 1.87. The Balaban J connectivity index is 3.17. The van der Waals surface area contributed by atoms with Gasteiger partial charge in [-0.3, -0.25) is 0 Å². The van der Waals surface area contributed by atoms with Gasteiger partial charge in [-0.2, -0.15) is 0 Å². The van der Waals surface area contributed by atoms with Gasteiger partial charge in [0.15, 0.2) is 5.82 Å². The first-order chi connectivity index (χ1) is 6.99. The largest absolute Gasteiger partial charge is 0.370 e. The smallest absolute Gasteiger partial charge is 0.160 e. The van der Waals surface area contributed by atoms with Crippen LogP contribution in [0.25, 0.3) is 0 Å². The van der Waals surface area contributed by atoms with Crippen LogP contribution in [0.15, 0.2) is 16.6 Å². The molecule has 1 aromatic rings. The minimum Gasteiger partial charge on any atom is -0.370 e. The number of rotatable bonds is 3. The van der Waals surface area contributed by atoms with Crippen LogP contribution in [0.5, 0.6) is 0 Å². The predicted molar refractivity (Wildman–Crippen MR) is 65.5 cm³/mol. The van der Waals surface area contributed by atoms with Gasteiger partial charge in [0.05, 0.1) is 10.2 Å². The highest BCUT2D eigenvalue weighted by molar-refractivity contribution is 9.10. The van der Waals surface area contributed by atoms with Crippen LogP contribution in [0.3, 0.4) is 0 Å². The molecule has 0 aliphatic rings. The fraction of sp³-hybridized carbons (Fsp3) is 0.455. The van der Waals surface area contributed by atoms with Crippen molar-refractivity contribution in [2.45, 2.75) is 26.4 Å². The predicted octanol–water partition coefficient (Wildman–Crippen LogP) is 2.89. The van der Waals surface area contributed by atoms with Gasteiger partial charge in [-0.25, -0.2) is 4.39 Å². The van der Waals surface area contributed by atoms with E-state index in [0.717, 1.165) is 5.56 Å². The fourth-order valence-electron chi connectivity index (χ4n) is 1.29. The first-order valence-corrected chi connectivity index (χ1v) is 5.68. The molecule has 0 spiro atoms. The summed E-state index contributed by atoms with van der Waals surface area (Å²) in [5.74, 6) is -0.242.